The van der Waals surface area contributed by atoms with Crippen molar-refractivity contribution in [3.8, 4) is 0 Å². The van der Waals surface area contributed by atoms with Gasteiger partial charge in [-0.2, -0.15) is 5.10 Å². The molecule has 4 rings (SSSR count). The molecule has 2 amide bonds. The van der Waals surface area contributed by atoms with Gasteiger partial charge in [-0.05, 0) is 29.3 Å². The number of carbonyl (C=O) groups excluding carboxylic acids is 2. The smallest absolute Gasteiger partial charge is 0.232 e. The maximum atomic E-state index is 12.6. The van der Waals surface area contributed by atoms with Crippen LogP contribution >= 0.6 is 0 Å². The van der Waals surface area contributed by atoms with Crippen LogP contribution in [0.5, 0.6) is 0 Å². The maximum Gasteiger partial charge on any atom is 0.232 e. The van der Waals surface area contributed by atoms with Gasteiger partial charge < -0.3 is 10.6 Å². The topological polar surface area (TPSA) is 76.0 Å². The van der Waals surface area contributed by atoms with E-state index in [1.54, 1.807) is 10.9 Å². The van der Waals surface area contributed by atoms with Gasteiger partial charge in [0, 0.05) is 30.2 Å². The van der Waals surface area contributed by atoms with E-state index >= 15 is 0 Å². The Hall–Kier alpha value is -3.41. The second kappa shape index (κ2) is 6.84. The van der Waals surface area contributed by atoms with Gasteiger partial charge in [0.15, 0.2) is 0 Å². The summed E-state index contributed by atoms with van der Waals surface area (Å²) in [6.45, 7) is 0.566. The van der Waals surface area contributed by atoms with Crippen molar-refractivity contribution in [3.63, 3.8) is 0 Å². The molecule has 3 aromatic rings. The largest absolute Gasteiger partial charge is 0.326 e. The molecule has 2 aromatic carbocycles. The number of anilines is 2. The minimum atomic E-state index is -0.454. The Kier molecular flexibility index (Phi) is 4.23. The molecular weight excluding hydrogens is 328 g/mol. The molecule has 6 heteroatoms. The van der Waals surface area contributed by atoms with E-state index < -0.39 is 5.92 Å². The van der Waals surface area contributed by atoms with E-state index in [9.17, 15) is 9.59 Å². The summed E-state index contributed by atoms with van der Waals surface area (Å²) in [7, 11) is 0. The molecule has 26 heavy (non-hydrogen) atoms. The third kappa shape index (κ3) is 3.21. The number of fused-ring (bicyclic) bond motifs is 1. The van der Waals surface area contributed by atoms with Crippen LogP contribution in [0.1, 0.15) is 23.5 Å². The number of nitrogens with zero attached hydrogens (tertiary/aromatic N) is 2. The van der Waals surface area contributed by atoms with Crippen LogP contribution in [0.15, 0.2) is 67.0 Å². The molecule has 1 aromatic heterocycles. The molecule has 6 nitrogen and oxygen atoms in total. The molecule has 0 fully saturated rings. The van der Waals surface area contributed by atoms with E-state index in [1.807, 2.05) is 60.8 Å². The van der Waals surface area contributed by atoms with Crippen molar-refractivity contribution < 1.29 is 9.59 Å². The fraction of sp³-hybridized carbons (Fsp3) is 0.150. The first-order chi connectivity index (χ1) is 12.7. The summed E-state index contributed by atoms with van der Waals surface area (Å²) in [5.41, 5.74) is 3.35. The van der Waals surface area contributed by atoms with Crippen molar-refractivity contribution in [3.05, 3.63) is 78.1 Å². The Labute approximate surface area is 150 Å². The lowest BCUT2D eigenvalue weighted by Gasteiger charge is -2.13. The van der Waals surface area contributed by atoms with E-state index in [2.05, 4.69) is 15.7 Å². The van der Waals surface area contributed by atoms with Crippen LogP contribution in [0, 0.1) is 0 Å². The molecule has 1 unspecified atom stereocenters. The molecule has 0 spiro atoms. The number of aromatic nitrogens is 2. The zero-order chi connectivity index (χ0) is 17.9. The predicted molar refractivity (Wildman–Crippen MR) is 98.8 cm³/mol. The van der Waals surface area contributed by atoms with Crippen LogP contribution < -0.4 is 10.6 Å². The Bertz CT molecular complexity index is 950. The minimum Gasteiger partial charge on any atom is -0.326 e. The first kappa shape index (κ1) is 16.1. The highest BCUT2D eigenvalue weighted by Crippen LogP contribution is 2.34. The highest BCUT2D eigenvalue weighted by molar-refractivity contribution is 6.06. The highest BCUT2D eigenvalue weighted by atomic mass is 16.2. The molecule has 0 radical (unpaired) electrons. The molecule has 0 aliphatic carbocycles. The molecule has 2 heterocycles. The number of hydrogen-bond acceptors (Lipinski definition) is 3. The molecule has 0 saturated heterocycles. The quantitative estimate of drug-likeness (QED) is 0.746. The molecule has 0 saturated carbocycles. The number of amides is 2. The van der Waals surface area contributed by atoms with Crippen molar-refractivity contribution in [2.24, 2.45) is 0 Å². The summed E-state index contributed by atoms with van der Waals surface area (Å²) in [6, 6.07) is 17.0. The van der Waals surface area contributed by atoms with Crippen LogP contribution in [0.3, 0.4) is 0 Å². The highest BCUT2D eigenvalue weighted by Gasteiger charge is 2.31. The van der Waals surface area contributed by atoms with E-state index in [0.717, 1.165) is 22.5 Å². The fourth-order valence-electron chi connectivity index (χ4n) is 3.21. The van der Waals surface area contributed by atoms with Crippen molar-refractivity contribution in [1.82, 2.24) is 9.78 Å². The number of rotatable bonds is 5. The van der Waals surface area contributed by atoms with E-state index in [1.165, 1.54) is 0 Å². The van der Waals surface area contributed by atoms with Gasteiger partial charge in [-0.15, -0.1) is 0 Å². The molecule has 2 N–H and O–H groups in total. The summed E-state index contributed by atoms with van der Waals surface area (Å²) in [5.74, 6) is -0.773. The Balaban J connectivity index is 1.48. The predicted octanol–water partition coefficient (Wildman–Crippen LogP) is 3.00. The zero-order valence-corrected chi connectivity index (χ0v) is 14.1. The van der Waals surface area contributed by atoms with Gasteiger partial charge in [0.05, 0.1) is 12.5 Å². The van der Waals surface area contributed by atoms with E-state index in [0.29, 0.717) is 6.54 Å². The van der Waals surface area contributed by atoms with Gasteiger partial charge in [0.1, 0.15) is 0 Å². The third-order valence-corrected chi connectivity index (χ3v) is 4.48. The lowest BCUT2D eigenvalue weighted by atomic mass is 9.97. The Morgan fingerprint density at radius 2 is 1.92 bits per heavy atom. The maximum absolute atomic E-state index is 12.6. The van der Waals surface area contributed by atoms with Crippen molar-refractivity contribution in [2.75, 3.05) is 10.6 Å². The molecule has 1 atom stereocenters. The lowest BCUT2D eigenvalue weighted by molar-refractivity contribution is -0.122. The average molecular weight is 346 g/mol. The van der Waals surface area contributed by atoms with E-state index in [-0.39, 0.29) is 18.2 Å². The number of para-hydroxylation sites is 2. The van der Waals surface area contributed by atoms with Gasteiger partial charge in [0.25, 0.3) is 0 Å². The number of nitrogens with one attached hydrogen (secondary N) is 2. The molecule has 1 aliphatic heterocycles. The van der Waals surface area contributed by atoms with Gasteiger partial charge in [0.2, 0.25) is 11.8 Å². The molecule has 1 aliphatic rings. The Morgan fingerprint density at radius 1 is 1.12 bits per heavy atom. The summed E-state index contributed by atoms with van der Waals surface area (Å²) < 4.78 is 1.80. The first-order valence-electron chi connectivity index (χ1n) is 8.45. The minimum absolute atomic E-state index is 0.110. The van der Waals surface area contributed by atoms with Gasteiger partial charge >= 0.3 is 0 Å². The second-order valence-electron chi connectivity index (χ2n) is 6.24. The lowest BCUT2D eigenvalue weighted by Crippen LogP contribution is -2.21. The van der Waals surface area contributed by atoms with Gasteiger partial charge in [-0.3, -0.25) is 14.3 Å². The third-order valence-electron chi connectivity index (χ3n) is 4.48. The summed E-state index contributed by atoms with van der Waals surface area (Å²) in [5, 5.41) is 9.97. The second-order valence-corrected chi connectivity index (χ2v) is 6.24. The van der Waals surface area contributed by atoms with Crippen LogP contribution in [0.25, 0.3) is 0 Å². The molecule has 130 valence electrons. The van der Waals surface area contributed by atoms with Crippen LogP contribution in [-0.2, 0) is 16.1 Å². The standard InChI is InChI=1S/C20H18N4O2/c25-19(12-16-15-7-2-4-9-18(15)23-20(16)26)22-17-8-3-1-6-14(17)13-24-11-5-10-21-24/h1-11,16H,12-13H2,(H,22,25)(H,23,26). The van der Waals surface area contributed by atoms with Crippen molar-refractivity contribution >= 4 is 23.2 Å². The summed E-state index contributed by atoms with van der Waals surface area (Å²) >= 11 is 0. The number of carbonyl (C=O) groups is 2. The number of hydrogen-bond donors (Lipinski definition) is 2. The van der Waals surface area contributed by atoms with E-state index in [4.69, 9.17) is 0 Å². The number of benzene rings is 2. The molecular formula is C20H18N4O2. The van der Waals surface area contributed by atoms with Crippen molar-refractivity contribution in [1.29, 1.82) is 0 Å². The van der Waals surface area contributed by atoms with Crippen LogP contribution in [0.4, 0.5) is 11.4 Å². The summed E-state index contributed by atoms with van der Waals surface area (Å²) in [4.78, 5) is 24.8. The van der Waals surface area contributed by atoms with Gasteiger partial charge in [-0.25, -0.2) is 0 Å². The average Bonchev–Trinajstić information content (AvgIpc) is 3.25. The van der Waals surface area contributed by atoms with Crippen molar-refractivity contribution in [2.45, 2.75) is 18.9 Å². The molecule has 0 bridgehead atoms. The van der Waals surface area contributed by atoms with Crippen LogP contribution in [-0.4, -0.2) is 21.6 Å². The zero-order valence-electron chi connectivity index (χ0n) is 14.1. The normalized spacial score (nSPS) is 15.4. The van der Waals surface area contributed by atoms with Crippen LogP contribution in [0.2, 0.25) is 0 Å². The Morgan fingerprint density at radius 3 is 2.77 bits per heavy atom. The first-order valence-corrected chi connectivity index (χ1v) is 8.45. The van der Waals surface area contributed by atoms with Gasteiger partial charge in [-0.1, -0.05) is 36.4 Å². The SMILES string of the molecule is O=C(CC1C(=O)Nc2ccccc21)Nc1ccccc1Cn1cccn1. The monoisotopic (exact) mass is 346 g/mol. The fourth-order valence-corrected chi connectivity index (χ4v) is 3.21. The summed E-state index contributed by atoms with van der Waals surface area (Å²) in [6.07, 6.45) is 3.70.